The second kappa shape index (κ2) is 5.92. The first kappa shape index (κ1) is 11.4. The van der Waals surface area contributed by atoms with Crippen molar-refractivity contribution in [2.24, 2.45) is 5.92 Å². The second-order valence-corrected chi connectivity index (χ2v) is 5.66. The first-order valence-corrected chi connectivity index (χ1v) is 6.77. The minimum atomic E-state index is 0.722. The molecule has 0 heterocycles. The SMILES string of the molecule is CSC(C)CNC(C)CC1CCC1. The predicted octanol–water partition coefficient (Wildman–Crippen LogP) is 2.91. The van der Waals surface area contributed by atoms with Crippen molar-refractivity contribution < 1.29 is 0 Å². The van der Waals surface area contributed by atoms with Gasteiger partial charge in [0.15, 0.2) is 0 Å². The Bertz CT molecular complexity index is 134. The van der Waals surface area contributed by atoms with Crippen LogP contribution in [-0.2, 0) is 0 Å². The highest BCUT2D eigenvalue weighted by Crippen LogP contribution is 2.30. The molecule has 0 saturated heterocycles. The van der Waals surface area contributed by atoms with E-state index in [9.17, 15) is 0 Å². The standard InChI is InChI=1S/C11H23NS/c1-9(7-11-5-4-6-11)12-8-10(2)13-3/h9-12H,4-8H2,1-3H3. The fourth-order valence-electron chi connectivity index (χ4n) is 1.76. The van der Waals surface area contributed by atoms with Gasteiger partial charge in [0.2, 0.25) is 0 Å². The average molecular weight is 201 g/mol. The van der Waals surface area contributed by atoms with E-state index in [1.165, 1.54) is 25.7 Å². The lowest BCUT2D eigenvalue weighted by atomic mass is 9.81. The molecule has 0 spiro atoms. The maximum atomic E-state index is 3.61. The van der Waals surface area contributed by atoms with E-state index >= 15 is 0 Å². The number of thioether (sulfide) groups is 1. The van der Waals surface area contributed by atoms with Crippen molar-refractivity contribution in [2.75, 3.05) is 12.8 Å². The van der Waals surface area contributed by atoms with Gasteiger partial charge in [-0.25, -0.2) is 0 Å². The van der Waals surface area contributed by atoms with Crippen molar-refractivity contribution in [3.05, 3.63) is 0 Å². The van der Waals surface area contributed by atoms with Gasteiger partial charge in [-0.2, -0.15) is 11.8 Å². The van der Waals surface area contributed by atoms with E-state index < -0.39 is 0 Å². The Hall–Kier alpha value is 0.310. The minimum absolute atomic E-state index is 0.722. The Kier molecular flexibility index (Phi) is 5.18. The molecule has 2 heteroatoms. The number of nitrogens with one attached hydrogen (secondary N) is 1. The largest absolute Gasteiger partial charge is 0.313 e. The van der Waals surface area contributed by atoms with Gasteiger partial charge >= 0.3 is 0 Å². The van der Waals surface area contributed by atoms with Crippen LogP contribution in [0.4, 0.5) is 0 Å². The summed E-state index contributed by atoms with van der Waals surface area (Å²) >= 11 is 1.94. The van der Waals surface area contributed by atoms with Crippen molar-refractivity contribution in [3.8, 4) is 0 Å². The number of hydrogen-bond acceptors (Lipinski definition) is 2. The Balaban J connectivity index is 1.99. The van der Waals surface area contributed by atoms with Crippen LogP contribution < -0.4 is 5.32 Å². The summed E-state index contributed by atoms with van der Waals surface area (Å²) in [4.78, 5) is 0. The highest BCUT2D eigenvalue weighted by molar-refractivity contribution is 7.99. The van der Waals surface area contributed by atoms with Crippen LogP contribution in [0.1, 0.15) is 39.5 Å². The third-order valence-corrected chi connectivity index (χ3v) is 4.04. The lowest BCUT2D eigenvalue weighted by Gasteiger charge is -2.29. The predicted molar refractivity (Wildman–Crippen MR) is 62.4 cm³/mol. The highest BCUT2D eigenvalue weighted by atomic mass is 32.2. The van der Waals surface area contributed by atoms with Crippen molar-refractivity contribution in [3.63, 3.8) is 0 Å². The second-order valence-electron chi connectivity index (χ2n) is 4.39. The molecule has 0 radical (unpaired) electrons. The zero-order valence-corrected chi connectivity index (χ0v) is 9.99. The van der Waals surface area contributed by atoms with E-state index in [1.807, 2.05) is 11.8 Å². The van der Waals surface area contributed by atoms with Crippen LogP contribution in [0, 0.1) is 5.92 Å². The van der Waals surface area contributed by atoms with Crippen LogP contribution >= 0.6 is 11.8 Å². The van der Waals surface area contributed by atoms with Crippen LogP contribution in [0.2, 0.25) is 0 Å². The topological polar surface area (TPSA) is 12.0 Å². The molecule has 1 N–H and O–H groups in total. The molecule has 0 bridgehead atoms. The third-order valence-electron chi connectivity index (χ3n) is 3.07. The van der Waals surface area contributed by atoms with Crippen LogP contribution in [0.15, 0.2) is 0 Å². The Labute approximate surface area is 87.1 Å². The molecule has 0 amide bonds. The fraction of sp³-hybridized carbons (Fsp3) is 1.00. The number of rotatable bonds is 6. The summed E-state index contributed by atoms with van der Waals surface area (Å²) in [6.07, 6.45) is 8.00. The van der Waals surface area contributed by atoms with Crippen molar-refractivity contribution in [2.45, 2.75) is 50.8 Å². The van der Waals surface area contributed by atoms with Gasteiger partial charge in [0.1, 0.15) is 0 Å². The molecule has 0 aromatic carbocycles. The Morgan fingerprint density at radius 3 is 2.54 bits per heavy atom. The summed E-state index contributed by atoms with van der Waals surface area (Å²) in [6.45, 7) is 5.77. The first-order valence-electron chi connectivity index (χ1n) is 5.48. The molecule has 1 nitrogen and oxygen atoms in total. The summed E-state index contributed by atoms with van der Waals surface area (Å²) < 4.78 is 0. The molecule has 1 saturated carbocycles. The first-order chi connectivity index (χ1) is 6.22. The summed E-state index contributed by atoms with van der Waals surface area (Å²) in [5.41, 5.74) is 0. The molecule has 13 heavy (non-hydrogen) atoms. The summed E-state index contributed by atoms with van der Waals surface area (Å²) in [5.74, 6) is 1.03. The van der Waals surface area contributed by atoms with Crippen LogP contribution in [0.25, 0.3) is 0 Å². The van der Waals surface area contributed by atoms with Gasteiger partial charge in [-0.05, 0) is 25.5 Å². The van der Waals surface area contributed by atoms with Gasteiger partial charge in [-0.15, -0.1) is 0 Å². The molecule has 0 aromatic rings. The van der Waals surface area contributed by atoms with E-state index in [4.69, 9.17) is 0 Å². The lowest BCUT2D eigenvalue weighted by Crippen LogP contribution is -2.34. The maximum absolute atomic E-state index is 3.61. The zero-order valence-electron chi connectivity index (χ0n) is 9.18. The molecular formula is C11H23NS. The molecule has 2 atom stereocenters. The molecule has 1 fully saturated rings. The Morgan fingerprint density at radius 2 is 2.08 bits per heavy atom. The van der Waals surface area contributed by atoms with E-state index in [1.54, 1.807) is 0 Å². The normalized spacial score (nSPS) is 22.4. The highest BCUT2D eigenvalue weighted by Gasteiger charge is 2.19. The summed E-state index contributed by atoms with van der Waals surface area (Å²) in [7, 11) is 0. The van der Waals surface area contributed by atoms with E-state index in [-0.39, 0.29) is 0 Å². The summed E-state index contributed by atoms with van der Waals surface area (Å²) in [6, 6.07) is 0.722. The lowest BCUT2D eigenvalue weighted by molar-refractivity contribution is 0.266. The minimum Gasteiger partial charge on any atom is -0.313 e. The fourth-order valence-corrected chi connectivity index (χ4v) is 2.03. The van der Waals surface area contributed by atoms with Crippen molar-refractivity contribution in [1.29, 1.82) is 0 Å². The zero-order chi connectivity index (χ0) is 9.68. The monoisotopic (exact) mass is 201 g/mol. The van der Waals surface area contributed by atoms with Crippen LogP contribution in [0.5, 0.6) is 0 Å². The van der Waals surface area contributed by atoms with Gasteiger partial charge in [0.05, 0.1) is 0 Å². The Morgan fingerprint density at radius 1 is 1.38 bits per heavy atom. The van der Waals surface area contributed by atoms with Gasteiger partial charge in [0, 0.05) is 17.8 Å². The van der Waals surface area contributed by atoms with Crippen LogP contribution in [0.3, 0.4) is 0 Å². The molecule has 1 rings (SSSR count). The molecule has 0 aliphatic heterocycles. The molecule has 1 aliphatic rings. The molecule has 78 valence electrons. The third kappa shape index (κ3) is 4.37. The van der Waals surface area contributed by atoms with E-state index in [0.29, 0.717) is 0 Å². The smallest absolute Gasteiger partial charge is 0.0141 e. The maximum Gasteiger partial charge on any atom is 0.0141 e. The molecule has 2 unspecified atom stereocenters. The van der Waals surface area contributed by atoms with Crippen molar-refractivity contribution in [1.82, 2.24) is 5.32 Å². The molecule has 1 aliphatic carbocycles. The quantitative estimate of drug-likeness (QED) is 0.709. The summed E-state index contributed by atoms with van der Waals surface area (Å²) in [5, 5.41) is 4.37. The number of hydrogen-bond donors (Lipinski definition) is 1. The van der Waals surface area contributed by atoms with Gasteiger partial charge in [-0.1, -0.05) is 26.2 Å². The molecular weight excluding hydrogens is 178 g/mol. The van der Waals surface area contributed by atoms with Crippen molar-refractivity contribution >= 4 is 11.8 Å². The average Bonchev–Trinajstić information content (AvgIpc) is 2.07. The van der Waals surface area contributed by atoms with E-state index in [0.717, 1.165) is 23.8 Å². The van der Waals surface area contributed by atoms with E-state index in [2.05, 4.69) is 25.4 Å². The van der Waals surface area contributed by atoms with Gasteiger partial charge in [-0.3, -0.25) is 0 Å². The molecule has 0 aromatic heterocycles. The van der Waals surface area contributed by atoms with Gasteiger partial charge < -0.3 is 5.32 Å². The van der Waals surface area contributed by atoms with Crippen LogP contribution in [-0.4, -0.2) is 24.1 Å². The van der Waals surface area contributed by atoms with Gasteiger partial charge in [0.25, 0.3) is 0 Å².